The van der Waals surface area contributed by atoms with Gasteiger partial charge >= 0.3 is 0 Å². The van der Waals surface area contributed by atoms with Crippen LogP contribution in [0.4, 0.5) is 0 Å². The molecule has 0 radical (unpaired) electrons. The van der Waals surface area contributed by atoms with Crippen molar-refractivity contribution >= 4 is 16.9 Å². The Bertz CT molecular complexity index is 817. The third-order valence-corrected chi connectivity index (χ3v) is 4.76. The van der Waals surface area contributed by atoms with E-state index in [9.17, 15) is 4.79 Å². The summed E-state index contributed by atoms with van der Waals surface area (Å²) in [6.45, 7) is 1.00. The molecule has 1 saturated heterocycles. The van der Waals surface area contributed by atoms with E-state index in [-0.39, 0.29) is 18.0 Å². The lowest BCUT2D eigenvalue weighted by atomic mass is 10.0. The van der Waals surface area contributed by atoms with Crippen LogP contribution in [0.3, 0.4) is 0 Å². The maximum Gasteiger partial charge on any atom is 0.222 e. The Morgan fingerprint density at radius 3 is 2.72 bits per heavy atom. The van der Waals surface area contributed by atoms with Crippen LogP contribution in [0.1, 0.15) is 36.6 Å². The summed E-state index contributed by atoms with van der Waals surface area (Å²) in [5.74, 6) is 0.814. The molecular weight excluding hydrogens is 312 g/mol. The highest BCUT2D eigenvalue weighted by molar-refractivity contribution is 5.80. The minimum absolute atomic E-state index is 0.0497. The Kier molecular flexibility index (Phi) is 4.53. The van der Waals surface area contributed by atoms with Gasteiger partial charge in [-0.2, -0.15) is 0 Å². The lowest BCUT2D eigenvalue weighted by Gasteiger charge is -2.18. The van der Waals surface area contributed by atoms with Gasteiger partial charge in [-0.3, -0.25) is 4.79 Å². The molecule has 0 bridgehead atoms. The van der Waals surface area contributed by atoms with Gasteiger partial charge in [0.1, 0.15) is 17.4 Å². The maximum absolute atomic E-state index is 12.6. The van der Waals surface area contributed by atoms with Crippen molar-refractivity contribution < 1.29 is 9.21 Å². The van der Waals surface area contributed by atoms with Gasteiger partial charge in [-0.05, 0) is 37.1 Å². The average Bonchev–Trinajstić information content (AvgIpc) is 3.29. The molecule has 0 saturated carbocycles. The summed E-state index contributed by atoms with van der Waals surface area (Å²) in [6, 6.07) is 19.9. The second kappa shape index (κ2) is 7.11. The molecule has 3 aromatic rings. The summed E-state index contributed by atoms with van der Waals surface area (Å²) in [5.41, 5.74) is 1.86. The van der Waals surface area contributed by atoms with Crippen LogP contribution in [0.2, 0.25) is 0 Å². The SMILES string of the molecule is O=C(CC1CCCN1)NC(c1ccccc1)c1cc2ccccc2o1. The quantitative estimate of drug-likeness (QED) is 0.746. The van der Waals surface area contributed by atoms with E-state index in [0.29, 0.717) is 6.42 Å². The van der Waals surface area contributed by atoms with Crippen LogP contribution >= 0.6 is 0 Å². The predicted octanol–water partition coefficient (Wildman–Crippen LogP) is 3.78. The molecule has 1 aliphatic heterocycles. The van der Waals surface area contributed by atoms with Gasteiger partial charge in [-0.25, -0.2) is 0 Å². The average molecular weight is 334 g/mol. The van der Waals surface area contributed by atoms with Crippen molar-refractivity contribution in [3.63, 3.8) is 0 Å². The van der Waals surface area contributed by atoms with Crippen LogP contribution in [0.25, 0.3) is 11.0 Å². The summed E-state index contributed by atoms with van der Waals surface area (Å²) in [5, 5.41) is 7.59. The molecule has 1 amide bonds. The second-order valence-electron chi connectivity index (χ2n) is 6.60. The zero-order valence-corrected chi connectivity index (χ0v) is 14.1. The molecule has 4 nitrogen and oxygen atoms in total. The van der Waals surface area contributed by atoms with Crippen molar-refractivity contribution in [2.75, 3.05) is 6.54 Å². The van der Waals surface area contributed by atoms with Gasteiger partial charge in [0.25, 0.3) is 0 Å². The number of hydrogen-bond donors (Lipinski definition) is 2. The first-order valence-corrected chi connectivity index (χ1v) is 8.86. The lowest BCUT2D eigenvalue weighted by molar-refractivity contribution is -0.122. The first-order valence-electron chi connectivity index (χ1n) is 8.86. The number of carbonyl (C=O) groups is 1. The monoisotopic (exact) mass is 334 g/mol. The molecule has 2 atom stereocenters. The topological polar surface area (TPSA) is 54.3 Å². The first kappa shape index (κ1) is 15.9. The largest absolute Gasteiger partial charge is 0.459 e. The number of amides is 1. The van der Waals surface area contributed by atoms with E-state index in [0.717, 1.165) is 41.7 Å². The highest BCUT2D eigenvalue weighted by Crippen LogP contribution is 2.28. The molecule has 1 fully saturated rings. The zero-order chi connectivity index (χ0) is 17.1. The van der Waals surface area contributed by atoms with Crippen LogP contribution in [0.5, 0.6) is 0 Å². The highest BCUT2D eigenvalue weighted by Gasteiger charge is 2.23. The standard InChI is InChI=1S/C21H22N2O2/c24-20(14-17-10-6-12-22-17)23-21(15-7-2-1-3-8-15)19-13-16-9-4-5-11-18(16)25-19/h1-5,7-9,11,13,17,21-22H,6,10,12,14H2,(H,23,24). The van der Waals surface area contributed by atoms with Gasteiger partial charge in [0.2, 0.25) is 5.91 Å². The van der Waals surface area contributed by atoms with Gasteiger partial charge in [-0.1, -0.05) is 48.5 Å². The predicted molar refractivity (Wildman–Crippen MR) is 98.3 cm³/mol. The van der Waals surface area contributed by atoms with E-state index in [1.165, 1.54) is 0 Å². The highest BCUT2D eigenvalue weighted by atomic mass is 16.3. The van der Waals surface area contributed by atoms with Gasteiger partial charge in [0, 0.05) is 17.8 Å². The number of furan rings is 1. The third kappa shape index (κ3) is 3.59. The lowest BCUT2D eigenvalue weighted by Crippen LogP contribution is -2.34. The fourth-order valence-electron chi connectivity index (χ4n) is 3.48. The molecule has 1 aromatic heterocycles. The van der Waals surface area contributed by atoms with Crippen molar-refractivity contribution in [1.29, 1.82) is 0 Å². The van der Waals surface area contributed by atoms with Crippen LogP contribution < -0.4 is 10.6 Å². The zero-order valence-electron chi connectivity index (χ0n) is 14.1. The fourth-order valence-corrected chi connectivity index (χ4v) is 3.48. The van der Waals surface area contributed by atoms with E-state index >= 15 is 0 Å². The van der Waals surface area contributed by atoms with Crippen molar-refractivity contribution in [1.82, 2.24) is 10.6 Å². The first-order chi connectivity index (χ1) is 12.3. The van der Waals surface area contributed by atoms with E-state index < -0.39 is 0 Å². The minimum atomic E-state index is -0.275. The van der Waals surface area contributed by atoms with E-state index in [2.05, 4.69) is 10.6 Å². The van der Waals surface area contributed by atoms with Crippen molar-refractivity contribution in [3.8, 4) is 0 Å². The third-order valence-electron chi connectivity index (χ3n) is 4.76. The number of benzene rings is 2. The normalized spacial score (nSPS) is 18.3. The Labute approximate surface area is 147 Å². The molecule has 4 rings (SSSR count). The Hall–Kier alpha value is -2.59. The van der Waals surface area contributed by atoms with Crippen molar-refractivity contribution in [2.24, 2.45) is 0 Å². The van der Waals surface area contributed by atoms with E-state index in [1.807, 2.05) is 60.7 Å². The number of rotatable bonds is 5. The van der Waals surface area contributed by atoms with Gasteiger partial charge in [0.05, 0.1) is 0 Å². The van der Waals surface area contributed by atoms with Crippen molar-refractivity contribution in [3.05, 3.63) is 72.0 Å². The van der Waals surface area contributed by atoms with Crippen LogP contribution in [0, 0.1) is 0 Å². The Balaban J connectivity index is 1.61. The second-order valence-corrected chi connectivity index (χ2v) is 6.60. The molecule has 0 spiro atoms. The molecule has 2 heterocycles. The number of hydrogen-bond acceptors (Lipinski definition) is 3. The van der Waals surface area contributed by atoms with Gasteiger partial charge < -0.3 is 15.1 Å². The minimum Gasteiger partial charge on any atom is -0.459 e. The fraction of sp³-hybridized carbons (Fsp3) is 0.286. The Morgan fingerprint density at radius 2 is 1.96 bits per heavy atom. The van der Waals surface area contributed by atoms with E-state index in [4.69, 9.17) is 4.42 Å². The van der Waals surface area contributed by atoms with Crippen LogP contribution in [-0.4, -0.2) is 18.5 Å². The van der Waals surface area contributed by atoms with Crippen LogP contribution in [0.15, 0.2) is 65.1 Å². The summed E-state index contributed by atoms with van der Waals surface area (Å²) in [6.07, 6.45) is 2.71. The van der Waals surface area contributed by atoms with Gasteiger partial charge in [-0.15, -0.1) is 0 Å². The maximum atomic E-state index is 12.6. The summed E-state index contributed by atoms with van der Waals surface area (Å²) in [4.78, 5) is 12.6. The molecule has 0 aliphatic carbocycles. The Morgan fingerprint density at radius 1 is 1.16 bits per heavy atom. The molecule has 2 N–H and O–H groups in total. The molecule has 1 aliphatic rings. The summed E-state index contributed by atoms with van der Waals surface area (Å²) >= 11 is 0. The number of para-hydroxylation sites is 1. The molecule has 2 unspecified atom stereocenters. The summed E-state index contributed by atoms with van der Waals surface area (Å²) in [7, 11) is 0. The molecule has 2 aromatic carbocycles. The molecular formula is C21H22N2O2. The smallest absolute Gasteiger partial charge is 0.222 e. The van der Waals surface area contributed by atoms with Crippen LogP contribution in [-0.2, 0) is 4.79 Å². The number of carbonyl (C=O) groups excluding carboxylic acids is 1. The van der Waals surface area contributed by atoms with Crippen molar-refractivity contribution in [2.45, 2.75) is 31.3 Å². The molecule has 25 heavy (non-hydrogen) atoms. The number of nitrogens with one attached hydrogen (secondary N) is 2. The molecule has 128 valence electrons. The summed E-state index contributed by atoms with van der Waals surface area (Å²) < 4.78 is 6.03. The van der Waals surface area contributed by atoms with Gasteiger partial charge in [0.15, 0.2) is 0 Å². The number of fused-ring (bicyclic) bond motifs is 1. The van der Waals surface area contributed by atoms with E-state index in [1.54, 1.807) is 0 Å². The molecule has 4 heteroatoms.